The largest absolute Gasteiger partial charge is 0.351 e. The SMILES string of the molecule is N#CC1(C(=O)NC(C2CC2)C2CC2)CCCCCC1. The zero-order valence-electron chi connectivity index (χ0n) is 11.7. The van der Waals surface area contributed by atoms with E-state index in [9.17, 15) is 10.1 Å². The van der Waals surface area contributed by atoms with Crippen LogP contribution in [0.25, 0.3) is 0 Å². The maximum Gasteiger partial charge on any atom is 0.240 e. The van der Waals surface area contributed by atoms with Gasteiger partial charge in [-0.3, -0.25) is 4.79 Å². The predicted molar refractivity (Wildman–Crippen MR) is 73.1 cm³/mol. The molecule has 0 heterocycles. The van der Waals surface area contributed by atoms with E-state index in [-0.39, 0.29) is 5.91 Å². The number of amides is 1. The van der Waals surface area contributed by atoms with Crippen molar-refractivity contribution >= 4 is 5.91 Å². The second-order valence-electron chi connectivity index (χ2n) is 6.78. The number of carbonyl (C=O) groups is 1. The summed E-state index contributed by atoms with van der Waals surface area (Å²) in [6.07, 6.45) is 11.0. The number of hydrogen-bond donors (Lipinski definition) is 1. The summed E-state index contributed by atoms with van der Waals surface area (Å²) in [5.41, 5.74) is -0.724. The molecule has 0 aliphatic heterocycles. The number of nitrogens with one attached hydrogen (secondary N) is 1. The molecular weight excluding hydrogens is 236 g/mol. The fraction of sp³-hybridized carbons (Fsp3) is 0.875. The molecule has 0 aromatic carbocycles. The van der Waals surface area contributed by atoms with Gasteiger partial charge in [0.15, 0.2) is 0 Å². The van der Waals surface area contributed by atoms with Crippen LogP contribution in [0, 0.1) is 28.6 Å². The quantitative estimate of drug-likeness (QED) is 0.789. The van der Waals surface area contributed by atoms with Crippen molar-refractivity contribution in [2.24, 2.45) is 17.3 Å². The smallest absolute Gasteiger partial charge is 0.240 e. The van der Waals surface area contributed by atoms with Crippen LogP contribution < -0.4 is 5.32 Å². The fourth-order valence-electron chi connectivity index (χ4n) is 3.54. The van der Waals surface area contributed by atoms with Crippen molar-refractivity contribution in [3.63, 3.8) is 0 Å². The highest BCUT2D eigenvalue weighted by molar-refractivity contribution is 5.85. The van der Waals surface area contributed by atoms with Gasteiger partial charge in [0.05, 0.1) is 6.07 Å². The Morgan fingerprint density at radius 1 is 1.05 bits per heavy atom. The van der Waals surface area contributed by atoms with E-state index in [0.717, 1.165) is 25.7 Å². The number of carbonyl (C=O) groups excluding carboxylic acids is 1. The highest BCUT2D eigenvalue weighted by Gasteiger charge is 2.46. The van der Waals surface area contributed by atoms with Gasteiger partial charge >= 0.3 is 0 Å². The average Bonchev–Trinajstić information content (AvgIpc) is 3.32. The molecule has 1 N–H and O–H groups in total. The van der Waals surface area contributed by atoms with E-state index in [1.54, 1.807) is 0 Å². The highest BCUT2D eigenvalue weighted by Crippen LogP contribution is 2.45. The summed E-state index contributed by atoms with van der Waals surface area (Å²) in [4.78, 5) is 12.6. The second-order valence-corrected chi connectivity index (χ2v) is 6.78. The molecule has 3 saturated carbocycles. The monoisotopic (exact) mass is 260 g/mol. The van der Waals surface area contributed by atoms with Gasteiger partial charge in [-0.2, -0.15) is 5.26 Å². The van der Waals surface area contributed by atoms with Crippen LogP contribution in [-0.4, -0.2) is 11.9 Å². The molecule has 0 aromatic rings. The molecule has 0 saturated heterocycles. The highest BCUT2D eigenvalue weighted by atomic mass is 16.2. The number of hydrogen-bond acceptors (Lipinski definition) is 2. The Labute approximate surface area is 115 Å². The lowest BCUT2D eigenvalue weighted by molar-refractivity contribution is -0.129. The van der Waals surface area contributed by atoms with Crippen LogP contribution in [-0.2, 0) is 4.79 Å². The lowest BCUT2D eigenvalue weighted by Crippen LogP contribution is -2.46. The molecule has 104 valence electrons. The summed E-state index contributed by atoms with van der Waals surface area (Å²) < 4.78 is 0. The van der Waals surface area contributed by atoms with Crippen molar-refractivity contribution in [3.05, 3.63) is 0 Å². The van der Waals surface area contributed by atoms with Gasteiger partial charge in [-0.1, -0.05) is 25.7 Å². The maximum absolute atomic E-state index is 12.6. The molecule has 0 atom stereocenters. The van der Waals surface area contributed by atoms with E-state index >= 15 is 0 Å². The number of nitrogens with zero attached hydrogens (tertiary/aromatic N) is 1. The zero-order chi connectivity index (χ0) is 13.3. The van der Waals surface area contributed by atoms with E-state index in [1.165, 1.54) is 38.5 Å². The Bertz CT molecular complexity index is 370. The lowest BCUT2D eigenvalue weighted by Gasteiger charge is -2.27. The first kappa shape index (κ1) is 13.0. The standard InChI is InChI=1S/C16H24N2O/c17-11-16(9-3-1-2-4-10-16)15(19)18-14(12-5-6-12)13-7-8-13/h12-14H,1-10H2,(H,18,19). The van der Waals surface area contributed by atoms with E-state index in [2.05, 4.69) is 11.4 Å². The minimum absolute atomic E-state index is 0.0423. The fourth-order valence-corrected chi connectivity index (χ4v) is 3.54. The van der Waals surface area contributed by atoms with Crippen LogP contribution in [0.4, 0.5) is 0 Å². The minimum atomic E-state index is -0.724. The van der Waals surface area contributed by atoms with E-state index in [4.69, 9.17) is 0 Å². The van der Waals surface area contributed by atoms with Gasteiger partial charge in [0.2, 0.25) is 5.91 Å². The van der Waals surface area contributed by atoms with Crippen LogP contribution in [0.15, 0.2) is 0 Å². The van der Waals surface area contributed by atoms with E-state index < -0.39 is 5.41 Å². The first-order valence-corrected chi connectivity index (χ1v) is 7.97. The molecule has 19 heavy (non-hydrogen) atoms. The third kappa shape index (κ3) is 2.78. The molecule has 3 aliphatic carbocycles. The normalized spacial score (nSPS) is 26.5. The molecule has 3 heteroatoms. The topological polar surface area (TPSA) is 52.9 Å². The van der Waals surface area contributed by atoms with Crippen LogP contribution in [0.3, 0.4) is 0 Å². The van der Waals surface area contributed by atoms with Crippen molar-refractivity contribution in [1.82, 2.24) is 5.32 Å². The molecule has 3 fully saturated rings. The lowest BCUT2D eigenvalue weighted by atomic mass is 9.80. The Morgan fingerprint density at radius 3 is 2.00 bits per heavy atom. The number of nitriles is 1. The predicted octanol–water partition coefficient (Wildman–Crippen LogP) is 3.16. The average molecular weight is 260 g/mol. The van der Waals surface area contributed by atoms with Gasteiger partial charge in [-0.25, -0.2) is 0 Å². The Morgan fingerprint density at radius 2 is 1.58 bits per heavy atom. The van der Waals surface area contributed by atoms with Crippen molar-refractivity contribution < 1.29 is 4.79 Å². The zero-order valence-corrected chi connectivity index (χ0v) is 11.7. The maximum atomic E-state index is 12.6. The first-order chi connectivity index (χ1) is 9.25. The Kier molecular flexibility index (Phi) is 3.52. The van der Waals surface area contributed by atoms with Crippen LogP contribution in [0.5, 0.6) is 0 Å². The van der Waals surface area contributed by atoms with Gasteiger partial charge in [0.25, 0.3) is 0 Å². The molecule has 0 aromatic heterocycles. The molecule has 0 unspecified atom stereocenters. The molecule has 0 bridgehead atoms. The van der Waals surface area contributed by atoms with Gasteiger partial charge < -0.3 is 5.32 Å². The van der Waals surface area contributed by atoms with Crippen LogP contribution >= 0.6 is 0 Å². The summed E-state index contributed by atoms with van der Waals surface area (Å²) in [5.74, 6) is 1.46. The summed E-state index contributed by atoms with van der Waals surface area (Å²) in [6.45, 7) is 0. The van der Waals surface area contributed by atoms with Crippen molar-refractivity contribution in [1.29, 1.82) is 5.26 Å². The van der Waals surface area contributed by atoms with Crippen molar-refractivity contribution in [2.75, 3.05) is 0 Å². The van der Waals surface area contributed by atoms with Crippen LogP contribution in [0.2, 0.25) is 0 Å². The molecular formula is C16H24N2O. The van der Waals surface area contributed by atoms with Gasteiger partial charge in [0.1, 0.15) is 5.41 Å². The van der Waals surface area contributed by atoms with Gasteiger partial charge in [-0.15, -0.1) is 0 Å². The molecule has 1 amide bonds. The molecule has 3 nitrogen and oxygen atoms in total. The molecule has 0 spiro atoms. The second kappa shape index (κ2) is 5.15. The first-order valence-electron chi connectivity index (χ1n) is 7.97. The molecule has 3 aliphatic rings. The molecule has 0 radical (unpaired) electrons. The summed E-state index contributed by atoms with van der Waals surface area (Å²) >= 11 is 0. The summed E-state index contributed by atoms with van der Waals surface area (Å²) in [5, 5.41) is 12.8. The van der Waals surface area contributed by atoms with E-state index in [0.29, 0.717) is 17.9 Å². The minimum Gasteiger partial charge on any atom is -0.351 e. The van der Waals surface area contributed by atoms with Crippen molar-refractivity contribution in [2.45, 2.75) is 70.3 Å². The molecule has 3 rings (SSSR count). The van der Waals surface area contributed by atoms with Gasteiger partial charge in [0, 0.05) is 6.04 Å². The van der Waals surface area contributed by atoms with E-state index in [1.807, 2.05) is 0 Å². The summed E-state index contributed by atoms with van der Waals surface area (Å²) in [6, 6.07) is 2.75. The number of rotatable bonds is 4. The van der Waals surface area contributed by atoms with Crippen LogP contribution in [0.1, 0.15) is 64.2 Å². The Balaban J connectivity index is 1.67. The Hall–Kier alpha value is -1.04. The van der Waals surface area contributed by atoms with Crippen molar-refractivity contribution in [3.8, 4) is 6.07 Å². The third-order valence-corrected chi connectivity index (χ3v) is 5.16. The third-order valence-electron chi connectivity index (χ3n) is 5.16. The van der Waals surface area contributed by atoms with Gasteiger partial charge in [-0.05, 0) is 50.4 Å². The summed E-state index contributed by atoms with van der Waals surface area (Å²) in [7, 11) is 0.